The standard InChI is InChI=1S/C21H21F3N4/c1-2-28(16-4-3-15(13-25)18(11-16)21(22,23)24)17-5-6-20(7-8-20)19(12-17)27-10-9-26-14-27/h3-4,9-12,14,17H,2,5-8H2,1H3. The zero-order valence-electron chi connectivity index (χ0n) is 15.6. The van der Waals surface area contributed by atoms with Crippen molar-refractivity contribution in [2.45, 2.75) is 44.8 Å². The van der Waals surface area contributed by atoms with Crippen LogP contribution in [0.15, 0.2) is 43.0 Å². The van der Waals surface area contributed by atoms with Crippen LogP contribution < -0.4 is 4.90 Å². The van der Waals surface area contributed by atoms with E-state index in [9.17, 15) is 13.2 Å². The Morgan fingerprint density at radius 3 is 2.68 bits per heavy atom. The predicted molar refractivity (Wildman–Crippen MR) is 100 cm³/mol. The van der Waals surface area contributed by atoms with E-state index in [4.69, 9.17) is 5.26 Å². The van der Waals surface area contributed by atoms with Gasteiger partial charge in [0.15, 0.2) is 0 Å². The third-order valence-corrected chi connectivity index (χ3v) is 5.95. The van der Waals surface area contributed by atoms with E-state index in [1.54, 1.807) is 24.7 Å². The van der Waals surface area contributed by atoms with E-state index in [1.165, 1.54) is 11.8 Å². The van der Waals surface area contributed by atoms with Gasteiger partial charge in [-0.15, -0.1) is 0 Å². The third-order valence-electron chi connectivity index (χ3n) is 5.95. The van der Waals surface area contributed by atoms with E-state index in [2.05, 4.69) is 11.1 Å². The van der Waals surface area contributed by atoms with Gasteiger partial charge >= 0.3 is 6.18 Å². The summed E-state index contributed by atoms with van der Waals surface area (Å²) in [5, 5.41) is 9.04. The van der Waals surface area contributed by atoms with E-state index in [0.717, 1.165) is 31.7 Å². The molecule has 1 spiro atoms. The summed E-state index contributed by atoms with van der Waals surface area (Å²) in [4.78, 5) is 6.14. The first-order chi connectivity index (χ1) is 13.4. The van der Waals surface area contributed by atoms with Gasteiger partial charge in [0.25, 0.3) is 0 Å². The lowest BCUT2D eigenvalue weighted by Gasteiger charge is -2.37. The smallest absolute Gasteiger partial charge is 0.365 e. The summed E-state index contributed by atoms with van der Waals surface area (Å²) in [7, 11) is 0. The molecule has 1 atom stereocenters. The minimum Gasteiger partial charge on any atom is -0.365 e. The van der Waals surface area contributed by atoms with E-state index in [-0.39, 0.29) is 17.0 Å². The molecule has 0 saturated heterocycles. The van der Waals surface area contributed by atoms with Gasteiger partial charge in [-0.2, -0.15) is 18.4 Å². The molecule has 1 unspecified atom stereocenters. The monoisotopic (exact) mass is 386 g/mol. The summed E-state index contributed by atoms with van der Waals surface area (Å²) >= 11 is 0. The lowest BCUT2D eigenvalue weighted by atomic mass is 9.85. The number of rotatable bonds is 4. The first kappa shape index (κ1) is 18.6. The van der Waals surface area contributed by atoms with Gasteiger partial charge in [0.2, 0.25) is 0 Å². The molecule has 0 radical (unpaired) electrons. The van der Waals surface area contributed by atoms with Gasteiger partial charge in [0.1, 0.15) is 0 Å². The number of nitriles is 1. The van der Waals surface area contributed by atoms with Crippen LogP contribution in [0.3, 0.4) is 0 Å². The van der Waals surface area contributed by atoms with Crippen molar-refractivity contribution in [3.63, 3.8) is 0 Å². The first-order valence-corrected chi connectivity index (χ1v) is 9.46. The molecule has 1 fully saturated rings. The van der Waals surface area contributed by atoms with E-state index >= 15 is 0 Å². The maximum atomic E-state index is 13.4. The number of allylic oxidation sites excluding steroid dienone is 1. The minimum atomic E-state index is -4.55. The number of nitrogens with zero attached hydrogens (tertiary/aromatic N) is 4. The molecule has 1 saturated carbocycles. The van der Waals surface area contributed by atoms with Crippen LogP contribution in [0.25, 0.3) is 5.70 Å². The molecule has 1 heterocycles. The van der Waals surface area contributed by atoms with Crippen LogP contribution in [0.4, 0.5) is 18.9 Å². The first-order valence-electron chi connectivity index (χ1n) is 9.46. The van der Waals surface area contributed by atoms with Crippen molar-refractivity contribution in [3.8, 4) is 6.07 Å². The fraction of sp³-hybridized carbons (Fsp3) is 0.429. The third kappa shape index (κ3) is 3.17. The van der Waals surface area contributed by atoms with E-state index < -0.39 is 11.7 Å². The quantitative estimate of drug-likeness (QED) is 0.736. The highest BCUT2D eigenvalue weighted by atomic mass is 19.4. The Bertz CT molecular complexity index is 934. The predicted octanol–water partition coefficient (Wildman–Crippen LogP) is 5.08. The van der Waals surface area contributed by atoms with Crippen molar-refractivity contribution < 1.29 is 13.2 Å². The average molecular weight is 386 g/mol. The normalized spacial score (nSPS) is 20.5. The minimum absolute atomic E-state index is 0.00245. The highest BCUT2D eigenvalue weighted by Gasteiger charge is 2.49. The second kappa shape index (κ2) is 6.69. The summed E-state index contributed by atoms with van der Waals surface area (Å²) in [6.07, 6.45) is 7.29. The van der Waals surface area contributed by atoms with Gasteiger partial charge in [0, 0.05) is 41.8 Å². The summed E-state index contributed by atoms with van der Waals surface area (Å²) in [5.41, 5.74) is 0.663. The van der Waals surface area contributed by atoms with Gasteiger partial charge in [-0.1, -0.05) is 0 Å². The topological polar surface area (TPSA) is 44.9 Å². The number of likely N-dealkylation sites (N-methyl/N-ethyl adjacent to an activating group) is 1. The van der Waals surface area contributed by atoms with E-state index in [1.807, 2.05) is 22.6 Å². The van der Waals surface area contributed by atoms with Gasteiger partial charge in [-0.3, -0.25) is 0 Å². The molecule has 1 aromatic heterocycles. The van der Waals surface area contributed by atoms with Crippen LogP contribution in [0, 0.1) is 16.7 Å². The lowest BCUT2D eigenvalue weighted by Crippen LogP contribution is -2.37. The molecule has 2 aliphatic rings. The summed E-state index contributed by atoms with van der Waals surface area (Å²) in [6.45, 7) is 2.52. The van der Waals surface area contributed by atoms with Crippen LogP contribution in [-0.4, -0.2) is 22.1 Å². The fourth-order valence-electron chi connectivity index (χ4n) is 4.31. The molecule has 0 N–H and O–H groups in total. The van der Waals surface area contributed by atoms with Gasteiger partial charge in [-0.05, 0) is 56.9 Å². The largest absolute Gasteiger partial charge is 0.417 e. The van der Waals surface area contributed by atoms with Crippen molar-refractivity contribution >= 4 is 11.4 Å². The molecule has 2 aromatic rings. The van der Waals surface area contributed by atoms with Crippen LogP contribution in [-0.2, 0) is 6.18 Å². The number of anilines is 1. The number of aromatic nitrogens is 2. The second-order valence-electron chi connectivity index (χ2n) is 7.53. The second-order valence-corrected chi connectivity index (χ2v) is 7.53. The van der Waals surface area contributed by atoms with Crippen LogP contribution >= 0.6 is 0 Å². The van der Waals surface area contributed by atoms with Crippen molar-refractivity contribution in [1.29, 1.82) is 5.26 Å². The molecule has 0 aliphatic heterocycles. The maximum Gasteiger partial charge on any atom is 0.417 e. The molecule has 0 bridgehead atoms. The van der Waals surface area contributed by atoms with Crippen molar-refractivity contribution in [2.24, 2.45) is 5.41 Å². The van der Waals surface area contributed by atoms with Gasteiger partial charge in [0.05, 0.1) is 23.5 Å². The molecular weight excluding hydrogens is 365 g/mol. The number of hydrogen-bond donors (Lipinski definition) is 0. The molecule has 2 aliphatic carbocycles. The molecular formula is C21H21F3N4. The Morgan fingerprint density at radius 1 is 1.32 bits per heavy atom. The van der Waals surface area contributed by atoms with Crippen molar-refractivity contribution in [2.75, 3.05) is 11.4 Å². The molecule has 4 rings (SSSR count). The van der Waals surface area contributed by atoms with Gasteiger partial charge < -0.3 is 9.47 Å². The summed E-state index contributed by atoms with van der Waals surface area (Å²) in [5.74, 6) is 0. The number of hydrogen-bond acceptors (Lipinski definition) is 3. The molecule has 1 aromatic carbocycles. The van der Waals surface area contributed by atoms with Gasteiger partial charge in [-0.25, -0.2) is 4.98 Å². The summed E-state index contributed by atoms with van der Waals surface area (Å²) in [6, 6.07) is 5.64. The number of alkyl halides is 3. The molecule has 0 amide bonds. The zero-order valence-corrected chi connectivity index (χ0v) is 15.6. The number of imidazole rings is 1. The Morgan fingerprint density at radius 2 is 2.11 bits per heavy atom. The zero-order chi connectivity index (χ0) is 19.9. The van der Waals surface area contributed by atoms with Crippen molar-refractivity contribution in [1.82, 2.24) is 9.55 Å². The summed E-state index contributed by atoms with van der Waals surface area (Å²) < 4.78 is 42.2. The Hall–Kier alpha value is -2.75. The number of benzene rings is 1. The number of halogens is 3. The lowest BCUT2D eigenvalue weighted by molar-refractivity contribution is -0.137. The van der Waals surface area contributed by atoms with E-state index in [0.29, 0.717) is 12.2 Å². The average Bonchev–Trinajstić information content (AvgIpc) is 3.23. The SMILES string of the molecule is CCN(c1ccc(C#N)c(C(F)(F)F)c1)C1C=C(n2ccnc2)C2(CC1)CC2. The highest BCUT2D eigenvalue weighted by Crippen LogP contribution is 2.59. The molecule has 28 heavy (non-hydrogen) atoms. The Kier molecular flexibility index (Phi) is 4.45. The molecule has 4 nitrogen and oxygen atoms in total. The Labute approximate surface area is 161 Å². The molecule has 7 heteroatoms. The molecule has 146 valence electrons. The van der Waals surface area contributed by atoms with Crippen LogP contribution in [0.2, 0.25) is 0 Å². The maximum absolute atomic E-state index is 13.4. The van der Waals surface area contributed by atoms with Crippen LogP contribution in [0.5, 0.6) is 0 Å². The Balaban J connectivity index is 1.72. The fourth-order valence-corrected chi connectivity index (χ4v) is 4.31. The van der Waals surface area contributed by atoms with Crippen LogP contribution in [0.1, 0.15) is 43.7 Å². The van der Waals surface area contributed by atoms with Crippen molar-refractivity contribution in [3.05, 3.63) is 54.1 Å². The highest BCUT2D eigenvalue weighted by molar-refractivity contribution is 5.62.